The third-order valence-electron chi connectivity index (χ3n) is 12.3. The number of hydrogen-bond acceptors (Lipinski definition) is 10. The fourth-order valence-electron chi connectivity index (χ4n) is 9.92. The zero-order chi connectivity index (χ0) is 36.7. The number of aromatic hydroxyl groups is 1. The Bertz CT molecular complexity index is 2420. The van der Waals surface area contributed by atoms with Gasteiger partial charge in [0.1, 0.15) is 17.3 Å². The third kappa shape index (κ3) is 5.10. The lowest BCUT2D eigenvalue weighted by Crippen LogP contribution is -2.29. The van der Waals surface area contributed by atoms with Crippen molar-refractivity contribution in [1.29, 1.82) is 0 Å². The van der Waals surface area contributed by atoms with Crippen molar-refractivity contribution >= 4 is 60.6 Å². The maximum atomic E-state index is 14.5. The zero-order valence-corrected chi connectivity index (χ0v) is 29.8. The van der Waals surface area contributed by atoms with Crippen molar-refractivity contribution < 1.29 is 35.1 Å². The number of ether oxygens (including phenoxy) is 1. The molecule has 1 unspecified atom stereocenters. The van der Waals surface area contributed by atoms with Crippen LogP contribution in [0.4, 0.5) is 5.69 Å². The Morgan fingerprint density at radius 1 is 0.788 bits per heavy atom. The number of phenolic OH excluding ortho intramolecular Hbond substituents is 1. The Hall–Kier alpha value is -4.35. The van der Waals surface area contributed by atoms with Crippen LogP contribution in [0.15, 0.2) is 27.3 Å². The van der Waals surface area contributed by atoms with E-state index in [9.17, 15) is 39.9 Å². The molecule has 0 bridgehead atoms. The largest absolute Gasteiger partial charge is 0.507 e. The number of ketones is 1. The van der Waals surface area contributed by atoms with Crippen molar-refractivity contribution in [3.63, 3.8) is 0 Å². The SMILES string of the molecule is COc1c(NC2CCC(O)CC2)c2c(=O)cc(CO)c3c4c(CO)cc(=O)c5c(O)c(CC6CCC(O)CC6)c6c(c(c1C(C(C)=O)C(C)=C6)c23)c54. The van der Waals surface area contributed by atoms with Crippen LogP contribution in [0.3, 0.4) is 0 Å². The zero-order valence-electron chi connectivity index (χ0n) is 29.8. The summed E-state index contributed by atoms with van der Waals surface area (Å²) in [6.45, 7) is 2.37. The summed E-state index contributed by atoms with van der Waals surface area (Å²) in [5.41, 5.74) is 2.66. The van der Waals surface area contributed by atoms with Crippen LogP contribution in [0.2, 0.25) is 0 Å². The van der Waals surface area contributed by atoms with E-state index in [-0.39, 0.29) is 40.4 Å². The van der Waals surface area contributed by atoms with Gasteiger partial charge in [0.05, 0.1) is 54.9 Å². The molecule has 2 saturated carbocycles. The molecule has 1 atom stereocenters. The van der Waals surface area contributed by atoms with Gasteiger partial charge in [-0.1, -0.05) is 11.6 Å². The number of carbonyl (C=O) groups excluding carboxylic acids is 1. The first kappa shape index (κ1) is 34.7. The quantitative estimate of drug-likeness (QED) is 0.0894. The number of Topliss-reactive ketones (excluding diaryl/α,β-unsaturated/α-hetero) is 1. The van der Waals surface area contributed by atoms with Crippen LogP contribution in [0.5, 0.6) is 11.5 Å². The van der Waals surface area contributed by atoms with Crippen LogP contribution in [-0.4, -0.2) is 56.7 Å². The molecule has 272 valence electrons. The summed E-state index contributed by atoms with van der Waals surface area (Å²) in [6.07, 6.45) is 6.84. The third-order valence-corrected chi connectivity index (χ3v) is 12.3. The highest BCUT2D eigenvalue weighted by Gasteiger charge is 2.38. The van der Waals surface area contributed by atoms with Crippen LogP contribution in [-0.2, 0) is 24.4 Å². The minimum atomic E-state index is -0.819. The number of nitrogens with one attached hydrogen (secondary N) is 1. The van der Waals surface area contributed by atoms with Crippen LogP contribution in [0, 0.1) is 5.92 Å². The molecule has 3 aliphatic carbocycles. The minimum Gasteiger partial charge on any atom is -0.507 e. The van der Waals surface area contributed by atoms with Gasteiger partial charge in [-0.05, 0) is 128 Å². The fraction of sp³-hybridized carbons (Fsp3) is 0.452. The molecule has 8 rings (SSSR count). The second-order valence-corrected chi connectivity index (χ2v) is 15.4. The molecule has 0 aromatic heterocycles. The molecule has 52 heavy (non-hydrogen) atoms. The molecular formula is C42H45NO9. The molecular weight excluding hydrogens is 662 g/mol. The van der Waals surface area contributed by atoms with Crippen molar-refractivity contribution in [3.05, 3.63) is 66.0 Å². The lowest BCUT2D eigenvalue weighted by Gasteiger charge is -2.31. The monoisotopic (exact) mass is 707 g/mol. The standard InChI is InChI=1S/C42H45NO9/c1-18-12-26-27(13-20-4-8-24(47)9-5-20)41(51)35-29(50)15-22(17-45)31-32-21(16-44)14-28(49)34-37(32)38(33(26)36(31)35)39(30(18)19(2)46)42(52-3)40(34)43-23-6-10-25(48)11-7-23/h12,14-15,20,23-25,30,43-45,47-48,51H,4-11,13,16-17H2,1-3H3. The number of allylic oxidation sites excluding steroid dienone is 1. The molecule has 2 fully saturated rings. The lowest BCUT2D eigenvalue weighted by atomic mass is 9.77. The first-order valence-corrected chi connectivity index (χ1v) is 18.5. The summed E-state index contributed by atoms with van der Waals surface area (Å²) in [4.78, 5) is 42.5. The molecule has 0 aliphatic heterocycles. The molecule has 0 spiro atoms. The molecule has 10 nitrogen and oxygen atoms in total. The predicted molar refractivity (Wildman–Crippen MR) is 202 cm³/mol. The highest BCUT2D eigenvalue weighted by molar-refractivity contribution is 6.39. The first-order valence-electron chi connectivity index (χ1n) is 18.5. The van der Waals surface area contributed by atoms with Crippen LogP contribution in [0.25, 0.3) is 49.2 Å². The number of hydrogen-bond donors (Lipinski definition) is 6. The number of carbonyl (C=O) groups is 1. The maximum Gasteiger partial charge on any atom is 0.190 e. The van der Waals surface area contributed by atoms with E-state index in [1.54, 1.807) is 0 Å². The normalized spacial score (nSPS) is 23.5. The van der Waals surface area contributed by atoms with Gasteiger partial charge in [0.2, 0.25) is 0 Å². The number of rotatable bonds is 8. The van der Waals surface area contributed by atoms with Gasteiger partial charge in [-0.15, -0.1) is 0 Å². The summed E-state index contributed by atoms with van der Waals surface area (Å²) in [5, 5.41) is 61.4. The molecule has 6 N–H and O–H groups in total. The topological polar surface area (TPSA) is 174 Å². The highest BCUT2D eigenvalue weighted by atomic mass is 16.5. The van der Waals surface area contributed by atoms with Gasteiger partial charge in [0.15, 0.2) is 10.9 Å². The number of phenols is 1. The van der Waals surface area contributed by atoms with Gasteiger partial charge in [0, 0.05) is 27.9 Å². The van der Waals surface area contributed by atoms with Gasteiger partial charge in [-0.3, -0.25) is 14.4 Å². The fourth-order valence-corrected chi connectivity index (χ4v) is 9.92. The summed E-state index contributed by atoms with van der Waals surface area (Å²) in [6, 6.07) is 2.62. The maximum absolute atomic E-state index is 14.5. The summed E-state index contributed by atoms with van der Waals surface area (Å²) < 4.78 is 6.25. The van der Waals surface area contributed by atoms with E-state index in [2.05, 4.69) is 5.32 Å². The Labute approximate surface area is 300 Å². The number of aliphatic hydroxyl groups is 4. The van der Waals surface area contributed by atoms with Crippen LogP contribution in [0.1, 0.15) is 98.9 Å². The van der Waals surface area contributed by atoms with Crippen molar-refractivity contribution in [2.24, 2.45) is 5.92 Å². The molecule has 10 heteroatoms. The van der Waals surface area contributed by atoms with Crippen molar-refractivity contribution in [2.75, 3.05) is 12.4 Å². The van der Waals surface area contributed by atoms with Gasteiger partial charge >= 0.3 is 0 Å². The van der Waals surface area contributed by atoms with E-state index < -0.39 is 30.7 Å². The van der Waals surface area contributed by atoms with E-state index in [1.165, 1.54) is 26.2 Å². The lowest BCUT2D eigenvalue weighted by molar-refractivity contribution is -0.117. The van der Waals surface area contributed by atoms with Crippen LogP contribution >= 0.6 is 0 Å². The minimum absolute atomic E-state index is 0.0888. The molecule has 0 radical (unpaired) electrons. The Morgan fingerprint density at radius 2 is 1.35 bits per heavy atom. The summed E-state index contributed by atoms with van der Waals surface area (Å²) >= 11 is 0. The molecule has 0 amide bonds. The van der Waals surface area contributed by atoms with E-state index in [4.69, 9.17) is 4.74 Å². The van der Waals surface area contributed by atoms with E-state index in [0.717, 1.165) is 12.8 Å². The van der Waals surface area contributed by atoms with Gasteiger partial charge < -0.3 is 35.6 Å². The molecule has 0 saturated heterocycles. The van der Waals surface area contributed by atoms with Gasteiger partial charge in [-0.2, -0.15) is 0 Å². The van der Waals surface area contributed by atoms with Gasteiger partial charge in [0.25, 0.3) is 0 Å². The van der Waals surface area contributed by atoms with E-state index in [0.29, 0.717) is 127 Å². The van der Waals surface area contributed by atoms with Crippen molar-refractivity contribution in [1.82, 2.24) is 0 Å². The van der Waals surface area contributed by atoms with Crippen molar-refractivity contribution in [2.45, 2.75) is 109 Å². The molecule has 3 aliphatic rings. The first-order chi connectivity index (χ1) is 25.0. The highest BCUT2D eigenvalue weighted by Crippen LogP contribution is 2.56. The second-order valence-electron chi connectivity index (χ2n) is 15.4. The molecule has 5 aromatic rings. The van der Waals surface area contributed by atoms with Gasteiger partial charge in [-0.25, -0.2) is 0 Å². The smallest absolute Gasteiger partial charge is 0.190 e. The van der Waals surface area contributed by atoms with Crippen molar-refractivity contribution in [3.8, 4) is 11.5 Å². The Morgan fingerprint density at radius 3 is 1.90 bits per heavy atom. The van der Waals surface area contributed by atoms with Crippen LogP contribution < -0.4 is 20.9 Å². The number of anilines is 1. The number of aliphatic hydroxyl groups excluding tert-OH is 4. The number of benzene rings is 5. The Balaban J connectivity index is 1.64. The number of methoxy groups -OCH3 is 1. The summed E-state index contributed by atoms with van der Waals surface area (Å²) in [7, 11) is 1.52. The molecule has 5 aromatic carbocycles. The number of fused-ring (bicyclic) bond motifs is 1. The molecule has 0 heterocycles. The van der Waals surface area contributed by atoms with E-state index >= 15 is 0 Å². The predicted octanol–water partition coefficient (Wildman–Crippen LogP) is 5.49. The average Bonchev–Trinajstić information content (AvgIpc) is 3.25. The average molecular weight is 708 g/mol. The van der Waals surface area contributed by atoms with E-state index in [1.807, 2.05) is 13.0 Å². The second kappa shape index (κ2) is 12.9. The summed E-state index contributed by atoms with van der Waals surface area (Å²) in [5.74, 6) is -0.672. The Kier molecular flexibility index (Phi) is 8.65.